The Balaban J connectivity index is 4.05. The van der Waals surface area contributed by atoms with Crippen LogP contribution in [-0.4, -0.2) is 0 Å². The Kier molecular flexibility index (Phi) is 15.4. The monoisotopic (exact) mass is 281 g/mol. The molecule has 20 heavy (non-hydrogen) atoms. The van der Waals surface area contributed by atoms with Gasteiger partial charge in [0.1, 0.15) is 0 Å². The lowest BCUT2D eigenvalue weighted by Gasteiger charge is -2.22. The maximum absolute atomic E-state index is 2.75. The molecule has 0 aliphatic heterocycles. The molecule has 0 amide bonds. The molecule has 0 aromatic heterocycles. The molecule has 0 bridgehead atoms. The average Bonchev–Trinajstić information content (AvgIpc) is 2.46. The third-order valence-electron chi connectivity index (χ3n) is 4.60. The minimum absolute atomic E-state index is 0.884. The number of hydrogen-bond donors (Lipinski definition) is 0. The first-order chi connectivity index (χ1) is 9.78. The van der Waals surface area contributed by atoms with Crippen molar-refractivity contribution in [3.63, 3.8) is 0 Å². The van der Waals surface area contributed by atoms with Gasteiger partial charge in [-0.3, -0.25) is 0 Å². The van der Waals surface area contributed by atoms with Crippen LogP contribution < -0.4 is 0 Å². The predicted octanol–water partition coefficient (Wildman–Crippen LogP) is 7.57. The SMILES string of the molecule is CCCCCC([CH]C(CCCCC)CCCCC)CC. The fraction of sp³-hybridized carbons (Fsp3) is 0.950. The first kappa shape index (κ1) is 20.0. The minimum atomic E-state index is 0.884. The molecule has 0 rings (SSSR count). The molecule has 0 heteroatoms. The molecule has 0 saturated heterocycles. The molecule has 0 aliphatic rings. The Hall–Kier alpha value is 0. The molecule has 0 spiro atoms. The van der Waals surface area contributed by atoms with Crippen LogP contribution in [0.1, 0.15) is 111 Å². The molecule has 1 unspecified atom stereocenters. The van der Waals surface area contributed by atoms with E-state index in [0.717, 1.165) is 11.8 Å². The van der Waals surface area contributed by atoms with Crippen molar-refractivity contribution in [2.24, 2.45) is 11.8 Å². The molecule has 0 nitrogen and oxygen atoms in total. The Morgan fingerprint density at radius 1 is 0.550 bits per heavy atom. The van der Waals surface area contributed by atoms with Crippen LogP contribution in [0.5, 0.6) is 0 Å². The van der Waals surface area contributed by atoms with E-state index in [4.69, 9.17) is 0 Å². The molecule has 0 heterocycles. The van der Waals surface area contributed by atoms with E-state index in [1.807, 2.05) is 0 Å². The summed E-state index contributed by atoms with van der Waals surface area (Å²) in [6.07, 6.45) is 21.1. The number of hydrogen-bond acceptors (Lipinski definition) is 0. The van der Waals surface area contributed by atoms with Crippen LogP contribution in [0, 0.1) is 18.3 Å². The molecule has 0 aliphatic carbocycles. The van der Waals surface area contributed by atoms with Crippen molar-refractivity contribution >= 4 is 0 Å². The van der Waals surface area contributed by atoms with Gasteiger partial charge in [-0.2, -0.15) is 0 Å². The maximum Gasteiger partial charge on any atom is -0.0324 e. The van der Waals surface area contributed by atoms with E-state index in [1.165, 1.54) is 83.5 Å². The standard InChI is InChI=1S/C20H41/c1-5-9-12-15-19(8-4)18-20(16-13-10-6-2)17-14-11-7-3/h18-20H,5-17H2,1-4H3. The molecular weight excluding hydrogens is 240 g/mol. The fourth-order valence-electron chi connectivity index (χ4n) is 3.13. The highest BCUT2D eigenvalue weighted by Gasteiger charge is 2.15. The maximum atomic E-state index is 2.75. The topological polar surface area (TPSA) is 0 Å². The Labute approximate surface area is 130 Å². The highest BCUT2D eigenvalue weighted by Crippen LogP contribution is 2.28. The average molecular weight is 282 g/mol. The Morgan fingerprint density at radius 3 is 1.30 bits per heavy atom. The lowest BCUT2D eigenvalue weighted by Crippen LogP contribution is -2.10. The zero-order valence-electron chi connectivity index (χ0n) is 14.9. The van der Waals surface area contributed by atoms with Gasteiger partial charge in [-0.15, -0.1) is 0 Å². The van der Waals surface area contributed by atoms with Crippen molar-refractivity contribution in [1.82, 2.24) is 0 Å². The fourth-order valence-corrected chi connectivity index (χ4v) is 3.13. The number of rotatable bonds is 15. The van der Waals surface area contributed by atoms with Crippen molar-refractivity contribution in [1.29, 1.82) is 0 Å². The summed E-state index contributed by atoms with van der Waals surface area (Å²) in [4.78, 5) is 0. The lowest BCUT2D eigenvalue weighted by atomic mass is 9.83. The normalized spacial score (nSPS) is 13.1. The first-order valence-electron chi connectivity index (χ1n) is 9.63. The summed E-state index contributed by atoms with van der Waals surface area (Å²) >= 11 is 0. The lowest BCUT2D eigenvalue weighted by molar-refractivity contribution is 0.384. The van der Waals surface area contributed by atoms with Gasteiger partial charge in [0, 0.05) is 0 Å². The first-order valence-corrected chi connectivity index (χ1v) is 9.63. The van der Waals surface area contributed by atoms with E-state index < -0.39 is 0 Å². The summed E-state index contributed by atoms with van der Waals surface area (Å²) in [6, 6.07) is 0. The second-order valence-electron chi connectivity index (χ2n) is 6.61. The van der Waals surface area contributed by atoms with Crippen LogP contribution in [0.15, 0.2) is 0 Å². The van der Waals surface area contributed by atoms with Crippen molar-refractivity contribution in [2.75, 3.05) is 0 Å². The summed E-state index contributed by atoms with van der Waals surface area (Å²) in [7, 11) is 0. The zero-order valence-corrected chi connectivity index (χ0v) is 14.9. The van der Waals surface area contributed by atoms with Gasteiger partial charge in [0.25, 0.3) is 0 Å². The summed E-state index contributed by atoms with van der Waals surface area (Å²) in [5.74, 6) is 1.79. The van der Waals surface area contributed by atoms with Gasteiger partial charge in [-0.25, -0.2) is 0 Å². The third-order valence-corrected chi connectivity index (χ3v) is 4.60. The molecule has 1 radical (unpaired) electrons. The summed E-state index contributed by atoms with van der Waals surface area (Å²) in [6.45, 7) is 9.32. The van der Waals surface area contributed by atoms with E-state index in [1.54, 1.807) is 0 Å². The van der Waals surface area contributed by atoms with E-state index in [2.05, 4.69) is 34.1 Å². The van der Waals surface area contributed by atoms with Crippen LogP contribution >= 0.6 is 0 Å². The molecule has 0 aromatic carbocycles. The van der Waals surface area contributed by atoms with Crippen molar-refractivity contribution in [3.05, 3.63) is 6.42 Å². The Morgan fingerprint density at radius 2 is 0.950 bits per heavy atom. The summed E-state index contributed by atoms with van der Waals surface area (Å²) in [5, 5.41) is 0. The minimum Gasteiger partial charge on any atom is -0.0654 e. The second kappa shape index (κ2) is 15.4. The molecule has 0 N–H and O–H groups in total. The van der Waals surface area contributed by atoms with Gasteiger partial charge >= 0.3 is 0 Å². The largest absolute Gasteiger partial charge is 0.0654 e. The molecule has 121 valence electrons. The quantitative estimate of drug-likeness (QED) is 0.271. The van der Waals surface area contributed by atoms with Crippen molar-refractivity contribution in [3.8, 4) is 0 Å². The Bertz CT molecular complexity index is 163. The van der Waals surface area contributed by atoms with E-state index in [0.29, 0.717) is 0 Å². The summed E-state index contributed by atoms with van der Waals surface area (Å²) in [5.41, 5.74) is 0. The third kappa shape index (κ3) is 11.8. The van der Waals surface area contributed by atoms with Gasteiger partial charge in [0.15, 0.2) is 0 Å². The highest BCUT2D eigenvalue weighted by molar-refractivity contribution is 4.83. The van der Waals surface area contributed by atoms with Crippen LogP contribution in [0.3, 0.4) is 0 Å². The number of unbranched alkanes of at least 4 members (excludes halogenated alkanes) is 6. The summed E-state index contributed by atoms with van der Waals surface area (Å²) < 4.78 is 0. The van der Waals surface area contributed by atoms with Crippen molar-refractivity contribution in [2.45, 2.75) is 111 Å². The second-order valence-corrected chi connectivity index (χ2v) is 6.61. The van der Waals surface area contributed by atoms with Crippen molar-refractivity contribution < 1.29 is 0 Å². The molecule has 0 saturated carbocycles. The molecule has 1 atom stereocenters. The van der Waals surface area contributed by atoms with E-state index in [9.17, 15) is 0 Å². The van der Waals surface area contributed by atoms with Crippen LogP contribution in [0.2, 0.25) is 0 Å². The van der Waals surface area contributed by atoms with E-state index in [-0.39, 0.29) is 0 Å². The van der Waals surface area contributed by atoms with Gasteiger partial charge in [0.05, 0.1) is 0 Å². The van der Waals surface area contributed by atoms with Crippen LogP contribution in [0.4, 0.5) is 0 Å². The molecule has 0 aromatic rings. The molecular formula is C20H41. The van der Waals surface area contributed by atoms with Gasteiger partial charge in [0.2, 0.25) is 0 Å². The molecule has 0 fully saturated rings. The predicted molar refractivity (Wildman–Crippen MR) is 94.0 cm³/mol. The van der Waals surface area contributed by atoms with Gasteiger partial charge in [-0.1, -0.05) is 111 Å². The highest BCUT2D eigenvalue weighted by atomic mass is 14.2. The van der Waals surface area contributed by atoms with Crippen LogP contribution in [0.25, 0.3) is 0 Å². The van der Waals surface area contributed by atoms with Gasteiger partial charge < -0.3 is 0 Å². The van der Waals surface area contributed by atoms with Crippen LogP contribution in [-0.2, 0) is 0 Å². The van der Waals surface area contributed by atoms with Gasteiger partial charge in [-0.05, 0) is 18.3 Å². The zero-order chi connectivity index (χ0) is 15.1. The smallest absolute Gasteiger partial charge is 0.0324 e. The van der Waals surface area contributed by atoms with E-state index >= 15 is 0 Å².